The average Bonchev–Trinajstić information content (AvgIpc) is 2.17. The van der Waals surface area contributed by atoms with Crippen molar-refractivity contribution in [2.24, 2.45) is 5.73 Å². The van der Waals surface area contributed by atoms with Crippen molar-refractivity contribution in [1.29, 1.82) is 0 Å². The van der Waals surface area contributed by atoms with Gasteiger partial charge in [0.2, 0.25) is 0 Å². The Kier molecular flexibility index (Phi) is 4.58. The molecule has 0 unspecified atom stereocenters. The van der Waals surface area contributed by atoms with Crippen molar-refractivity contribution in [3.8, 4) is 5.75 Å². The number of carbonyl (C=O) groups is 1. The summed E-state index contributed by atoms with van der Waals surface area (Å²) in [5.41, 5.74) is 4.82. The fourth-order valence-corrected chi connectivity index (χ4v) is 1.06. The molecule has 0 saturated heterocycles. The van der Waals surface area contributed by atoms with E-state index in [4.69, 9.17) is 15.6 Å². The van der Waals surface area contributed by atoms with Gasteiger partial charge in [-0.15, -0.1) is 12.4 Å². The first-order valence-corrected chi connectivity index (χ1v) is 4.15. The lowest BCUT2D eigenvalue weighted by molar-refractivity contribution is -0.143. The molecule has 0 radical (unpaired) electrons. The molecule has 15 heavy (non-hydrogen) atoms. The molecular weight excluding hydrogens is 218 g/mol. The normalized spacial score (nSPS) is 13.5. The van der Waals surface area contributed by atoms with Gasteiger partial charge < -0.3 is 15.6 Å². The number of carboxylic acid groups (broad SMARTS) is 1. The predicted molar refractivity (Wildman–Crippen MR) is 59.4 cm³/mol. The lowest BCUT2D eigenvalue weighted by atomic mass is 9.93. The average molecular weight is 232 g/mol. The first kappa shape index (κ1) is 13.7. The van der Waals surface area contributed by atoms with Gasteiger partial charge in [0, 0.05) is 0 Å². The topological polar surface area (TPSA) is 72.5 Å². The minimum absolute atomic E-state index is 0. The molecule has 0 bridgehead atoms. The van der Waals surface area contributed by atoms with E-state index in [1.807, 2.05) is 0 Å². The van der Waals surface area contributed by atoms with Crippen molar-refractivity contribution in [2.75, 3.05) is 7.11 Å². The number of hydrogen-bond donors (Lipinski definition) is 2. The summed E-state index contributed by atoms with van der Waals surface area (Å²) in [6.07, 6.45) is 0. The van der Waals surface area contributed by atoms with Gasteiger partial charge in [0.15, 0.2) is 0 Å². The van der Waals surface area contributed by atoms with Gasteiger partial charge in [-0.2, -0.15) is 0 Å². The SMILES string of the molecule is COc1ccc([C@](C)(N)C(=O)O)cc1.Cl. The van der Waals surface area contributed by atoms with Gasteiger partial charge in [-0.25, -0.2) is 4.79 Å². The minimum atomic E-state index is -1.35. The van der Waals surface area contributed by atoms with Crippen LogP contribution in [0.4, 0.5) is 0 Å². The second kappa shape index (κ2) is 5.00. The monoisotopic (exact) mass is 231 g/mol. The van der Waals surface area contributed by atoms with Gasteiger partial charge in [-0.1, -0.05) is 12.1 Å². The van der Waals surface area contributed by atoms with Crippen LogP contribution in [-0.4, -0.2) is 18.2 Å². The molecule has 1 aromatic rings. The van der Waals surface area contributed by atoms with E-state index in [9.17, 15) is 4.79 Å². The quantitative estimate of drug-likeness (QED) is 0.824. The molecule has 0 saturated carbocycles. The van der Waals surface area contributed by atoms with Crippen molar-refractivity contribution in [2.45, 2.75) is 12.5 Å². The lowest BCUT2D eigenvalue weighted by Gasteiger charge is -2.19. The largest absolute Gasteiger partial charge is 0.497 e. The lowest BCUT2D eigenvalue weighted by Crippen LogP contribution is -2.41. The molecule has 0 spiro atoms. The van der Waals surface area contributed by atoms with Gasteiger partial charge in [0.25, 0.3) is 0 Å². The number of aliphatic carboxylic acids is 1. The van der Waals surface area contributed by atoms with E-state index in [2.05, 4.69) is 0 Å². The first-order chi connectivity index (χ1) is 6.48. The number of rotatable bonds is 3. The minimum Gasteiger partial charge on any atom is -0.497 e. The highest BCUT2D eigenvalue weighted by molar-refractivity contribution is 5.85. The molecule has 0 aliphatic heterocycles. The molecule has 0 heterocycles. The number of ether oxygens (including phenoxy) is 1. The van der Waals surface area contributed by atoms with Crippen LogP contribution in [0.2, 0.25) is 0 Å². The van der Waals surface area contributed by atoms with Crippen molar-refractivity contribution in [1.82, 2.24) is 0 Å². The van der Waals surface area contributed by atoms with Gasteiger partial charge in [-0.3, -0.25) is 0 Å². The van der Waals surface area contributed by atoms with E-state index in [1.165, 1.54) is 6.92 Å². The van der Waals surface area contributed by atoms with E-state index >= 15 is 0 Å². The number of halogens is 1. The summed E-state index contributed by atoms with van der Waals surface area (Å²) in [6, 6.07) is 6.66. The molecule has 5 heteroatoms. The van der Waals surface area contributed by atoms with Crippen LogP contribution < -0.4 is 10.5 Å². The van der Waals surface area contributed by atoms with Crippen LogP contribution in [0, 0.1) is 0 Å². The second-order valence-corrected chi connectivity index (χ2v) is 3.24. The third-order valence-corrected chi connectivity index (χ3v) is 2.13. The maximum absolute atomic E-state index is 10.8. The predicted octanol–water partition coefficient (Wildman–Crippen LogP) is 1.38. The van der Waals surface area contributed by atoms with E-state index in [0.29, 0.717) is 11.3 Å². The van der Waals surface area contributed by atoms with Crippen LogP contribution in [-0.2, 0) is 10.3 Å². The van der Waals surface area contributed by atoms with E-state index < -0.39 is 11.5 Å². The van der Waals surface area contributed by atoms with Crippen LogP contribution in [0.3, 0.4) is 0 Å². The molecule has 0 fully saturated rings. The molecule has 1 aromatic carbocycles. The van der Waals surface area contributed by atoms with E-state index in [0.717, 1.165) is 0 Å². The zero-order valence-electron chi connectivity index (χ0n) is 8.56. The fourth-order valence-electron chi connectivity index (χ4n) is 1.06. The van der Waals surface area contributed by atoms with E-state index in [-0.39, 0.29) is 12.4 Å². The number of hydrogen-bond acceptors (Lipinski definition) is 3. The highest BCUT2D eigenvalue weighted by Crippen LogP contribution is 2.20. The van der Waals surface area contributed by atoms with Crippen LogP contribution >= 0.6 is 12.4 Å². The molecule has 0 aromatic heterocycles. The van der Waals surface area contributed by atoms with Crippen LogP contribution in [0.15, 0.2) is 24.3 Å². The highest BCUT2D eigenvalue weighted by atomic mass is 35.5. The zero-order chi connectivity index (χ0) is 10.8. The second-order valence-electron chi connectivity index (χ2n) is 3.24. The summed E-state index contributed by atoms with van der Waals surface area (Å²) >= 11 is 0. The Bertz CT molecular complexity index is 335. The maximum Gasteiger partial charge on any atom is 0.328 e. The Morgan fingerprint density at radius 1 is 1.40 bits per heavy atom. The van der Waals surface area contributed by atoms with E-state index in [1.54, 1.807) is 31.4 Å². The van der Waals surface area contributed by atoms with Gasteiger partial charge in [0.1, 0.15) is 11.3 Å². The maximum atomic E-state index is 10.8. The number of carboxylic acids is 1. The summed E-state index contributed by atoms with van der Waals surface area (Å²) in [7, 11) is 1.55. The molecule has 0 aliphatic carbocycles. The molecular formula is C10H14ClNO3. The zero-order valence-corrected chi connectivity index (χ0v) is 9.38. The van der Waals surface area contributed by atoms with Crippen molar-refractivity contribution in [3.05, 3.63) is 29.8 Å². The van der Waals surface area contributed by atoms with Crippen molar-refractivity contribution >= 4 is 18.4 Å². The Labute approximate surface area is 94.5 Å². The number of nitrogens with two attached hydrogens (primary N) is 1. The van der Waals surface area contributed by atoms with Crippen molar-refractivity contribution < 1.29 is 14.6 Å². The third kappa shape index (κ3) is 2.84. The standard InChI is InChI=1S/C10H13NO3.ClH/c1-10(11,9(12)13)7-3-5-8(14-2)6-4-7;/h3-6H,11H2,1-2H3,(H,12,13);1H/t10-;/m0./s1. The molecule has 1 atom stereocenters. The molecule has 1 rings (SSSR count). The number of methoxy groups -OCH3 is 1. The summed E-state index contributed by atoms with van der Waals surface area (Å²) < 4.78 is 4.95. The first-order valence-electron chi connectivity index (χ1n) is 4.15. The van der Waals surface area contributed by atoms with Crippen LogP contribution in [0.25, 0.3) is 0 Å². The Hall–Kier alpha value is -1.26. The van der Waals surface area contributed by atoms with Gasteiger partial charge >= 0.3 is 5.97 Å². The summed E-state index contributed by atoms with van der Waals surface area (Å²) in [5.74, 6) is -0.377. The molecule has 4 nitrogen and oxygen atoms in total. The molecule has 3 N–H and O–H groups in total. The molecule has 0 amide bonds. The summed E-state index contributed by atoms with van der Waals surface area (Å²) in [5, 5.41) is 8.86. The third-order valence-electron chi connectivity index (χ3n) is 2.13. The Morgan fingerprint density at radius 3 is 2.20 bits per heavy atom. The highest BCUT2D eigenvalue weighted by Gasteiger charge is 2.29. The number of benzene rings is 1. The smallest absolute Gasteiger partial charge is 0.328 e. The van der Waals surface area contributed by atoms with Crippen LogP contribution in [0.5, 0.6) is 5.75 Å². The molecule has 0 aliphatic rings. The van der Waals surface area contributed by atoms with Crippen molar-refractivity contribution in [3.63, 3.8) is 0 Å². The van der Waals surface area contributed by atoms with Gasteiger partial charge in [0.05, 0.1) is 7.11 Å². The van der Waals surface area contributed by atoms with Crippen LogP contribution in [0.1, 0.15) is 12.5 Å². The Morgan fingerprint density at radius 2 is 1.87 bits per heavy atom. The van der Waals surface area contributed by atoms with Gasteiger partial charge in [-0.05, 0) is 24.6 Å². The molecule has 84 valence electrons. The fraction of sp³-hybridized carbons (Fsp3) is 0.300. The summed E-state index contributed by atoms with van der Waals surface area (Å²) in [6.45, 7) is 1.46. The Balaban J connectivity index is 0.00000196. The summed E-state index contributed by atoms with van der Waals surface area (Å²) in [4.78, 5) is 10.8.